The van der Waals surface area contributed by atoms with Crippen LogP contribution in [-0.4, -0.2) is 26.2 Å². The quantitative estimate of drug-likeness (QED) is 0.329. The Morgan fingerprint density at radius 1 is 1.06 bits per heavy atom. The highest BCUT2D eigenvalue weighted by Crippen LogP contribution is 2.48. The molecule has 0 aliphatic carbocycles. The summed E-state index contributed by atoms with van der Waals surface area (Å²) in [7, 11) is 0. The van der Waals surface area contributed by atoms with E-state index in [-0.39, 0.29) is 5.41 Å². The number of hydrogen-bond acceptors (Lipinski definition) is 7. The maximum absolute atomic E-state index is 13.4. The molecule has 0 saturated carbocycles. The molecule has 1 aliphatic heterocycles. The van der Waals surface area contributed by atoms with E-state index in [2.05, 4.69) is 30.9 Å². The molecule has 1 atom stereocenters. The van der Waals surface area contributed by atoms with E-state index in [4.69, 9.17) is 18.9 Å². The Kier molecular flexibility index (Phi) is 4.67. The summed E-state index contributed by atoms with van der Waals surface area (Å²) in [6.45, 7) is 8.67. The Bertz CT molecular complexity index is 1640. The Morgan fingerprint density at radius 3 is 2.57 bits per heavy atom. The smallest absolute Gasteiger partial charge is 0.344 e. The van der Waals surface area contributed by atoms with Gasteiger partial charge >= 0.3 is 5.63 Å². The fourth-order valence-electron chi connectivity index (χ4n) is 4.50. The lowest BCUT2D eigenvalue weighted by molar-refractivity contribution is 0.340. The van der Waals surface area contributed by atoms with Crippen LogP contribution in [0.3, 0.4) is 0 Å². The molecule has 8 nitrogen and oxygen atoms in total. The van der Waals surface area contributed by atoms with Crippen molar-refractivity contribution in [2.24, 2.45) is 0 Å². The van der Waals surface area contributed by atoms with Crippen molar-refractivity contribution in [2.45, 2.75) is 39.0 Å². The number of rotatable bonds is 3. The minimum absolute atomic E-state index is 0.268. The van der Waals surface area contributed by atoms with Crippen molar-refractivity contribution >= 4 is 16.6 Å². The SMILES string of the molecule is CCOc1ccc(C2c3c(c4ccccc4oc3=O)Oc3ncn4nc(C(C)(C)C)nc4c32)cc1. The van der Waals surface area contributed by atoms with Crippen molar-refractivity contribution in [3.8, 4) is 17.4 Å². The molecule has 0 bridgehead atoms. The number of nitrogens with zero attached hydrogens (tertiary/aromatic N) is 4. The van der Waals surface area contributed by atoms with Crippen LogP contribution in [0.5, 0.6) is 17.4 Å². The zero-order valence-electron chi connectivity index (χ0n) is 19.9. The van der Waals surface area contributed by atoms with E-state index in [0.717, 1.165) is 11.3 Å². The van der Waals surface area contributed by atoms with E-state index < -0.39 is 11.5 Å². The molecule has 1 unspecified atom stereocenters. The van der Waals surface area contributed by atoms with Crippen molar-refractivity contribution < 1.29 is 13.9 Å². The normalized spacial score (nSPS) is 15.0. The molecule has 4 heterocycles. The van der Waals surface area contributed by atoms with Crippen molar-refractivity contribution in [3.05, 3.63) is 87.8 Å². The summed E-state index contributed by atoms with van der Waals surface area (Å²) in [6.07, 6.45) is 1.60. The van der Waals surface area contributed by atoms with E-state index in [1.165, 1.54) is 0 Å². The summed E-state index contributed by atoms with van der Waals surface area (Å²) in [5.41, 5.74) is 2.29. The van der Waals surface area contributed by atoms with Gasteiger partial charge in [0.2, 0.25) is 5.88 Å². The highest BCUT2D eigenvalue weighted by Gasteiger charge is 2.38. The number of benzene rings is 2. The van der Waals surface area contributed by atoms with E-state index in [9.17, 15) is 4.79 Å². The summed E-state index contributed by atoms with van der Waals surface area (Å²) < 4.78 is 19.3. The van der Waals surface area contributed by atoms with E-state index in [1.54, 1.807) is 16.9 Å². The first kappa shape index (κ1) is 21.3. The number of ether oxygens (including phenoxy) is 2. The molecular formula is C27H24N4O4. The third-order valence-corrected chi connectivity index (χ3v) is 6.16. The predicted octanol–water partition coefficient (Wildman–Crippen LogP) is 5.21. The fraction of sp³-hybridized carbons (Fsp3) is 0.259. The highest BCUT2D eigenvalue weighted by atomic mass is 16.5. The van der Waals surface area contributed by atoms with Gasteiger partial charge in [-0.25, -0.2) is 19.3 Å². The third-order valence-electron chi connectivity index (χ3n) is 6.16. The van der Waals surface area contributed by atoms with Gasteiger partial charge in [-0.15, -0.1) is 5.10 Å². The van der Waals surface area contributed by atoms with Gasteiger partial charge < -0.3 is 13.9 Å². The number of para-hydroxylation sites is 1. The molecule has 0 amide bonds. The first-order chi connectivity index (χ1) is 16.8. The lowest BCUT2D eigenvalue weighted by Crippen LogP contribution is -2.22. The second kappa shape index (κ2) is 7.66. The molecule has 3 aromatic heterocycles. The van der Waals surface area contributed by atoms with Crippen molar-refractivity contribution in [2.75, 3.05) is 6.61 Å². The van der Waals surface area contributed by atoms with Gasteiger partial charge in [0.15, 0.2) is 17.2 Å². The molecule has 6 rings (SSSR count). The number of aromatic nitrogens is 4. The van der Waals surface area contributed by atoms with E-state index >= 15 is 0 Å². The molecular weight excluding hydrogens is 444 g/mol. The maximum Gasteiger partial charge on any atom is 0.344 e. The summed E-state index contributed by atoms with van der Waals surface area (Å²) in [6, 6.07) is 15.0. The molecule has 2 aromatic carbocycles. The monoisotopic (exact) mass is 468 g/mol. The molecule has 0 saturated heterocycles. The molecule has 0 spiro atoms. The van der Waals surface area contributed by atoms with Gasteiger partial charge in [-0.2, -0.15) is 0 Å². The Labute approximate surface area is 201 Å². The van der Waals surface area contributed by atoms with Gasteiger partial charge in [-0.3, -0.25) is 0 Å². The molecule has 0 radical (unpaired) electrons. The first-order valence-electron chi connectivity index (χ1n) is 11.6. The van der Waals surface area contributed by atoms with Gasteiger partial charge in [0.05, 0.1) is 29.0 Å². The number of fused-ring (bicyclic) bond motifs is 6. The van der Waals surface area contributed by atoms with E-state index in [1.807, 2.05) is 49.4 Å². The average molecular weight is 469 g/mol. The molecule has 8 heteroatoms. The average Bonchev–Trinajstić information content (AvgIpc) is 3.29. The zero-order chi connectivity index (χ0) is 24.3. The van der Waals surface area contributed by atoms with Crippen LogP contribution in [-0.2, 0) is 5.41 Å². The minimum atomic E-state index is -0.515. The summed E-state index contributed by atoms with van der Waals surface area (Å²) in [4.78, 5) is 22.8. The Hall–Kier alpha value is -4.20. The van der Waals surface area contributed by atoms with Crippen LogP contribution in [0.15, 0.2) is 64.1 Å². The molecule has 1 aliphatic rings. The second-order valence-electron chi connectivity index (χ2n) is 9.58. The fourth-order valence-corrected chi connectivity index (χ4v) is 4.50. The van der Waals surface area contributed by atoms with Crippen molar-refractivity contribution in [1.82, 2.24) is 19.6 Å². The summed E-state index contributed by atoms with van der Waals surface area (Å²) in [5.74, 6) is 1.76. The summed E-state index contributed by atoms with van der Waals surface area (Å²) in [5, 5.41) is 5.36. The topological polar surface area (TPSA) is 91.8 Å². The van der Waals surface area contributed by atoms with Crippen LogP contribution in [0.4, 0.5) is 0 Å². The van der Waals surface area contributed by atoms with Crippen LogP contribution in [0.1, 0.15) is 56.1 Å². The van der Waals surface area contributed by atoms with Gasteiger partial charge in [0, 0.05) is 5.41 Å². The van der Waals surface area contributed by atoms with Gasteiger partial charge in [0.1, 0.15) is 17.7 Å². The Morgan fingerprint density at radius 2 is 1.83 bits per heavy atom. The predicted molar refractivity (Wildman–Crippen MR) is 131 cm³/mol. The molecule has 5 aromatic rings. The van der Waals surface area contributed by atoms with Crippen LogP contribution >= 0.6 is 0 Å². The Balaban J connectivity index is 1.67. The number of hydrogen-bond donors (Lipinski definition) is 0. The van der Waals surface area contributed by atoms with Crippen LogP contribution in [0.25, 0.3) is 16.6 Å². The van der Waals surface area contributed by atoms with Crippen LogP contribution in [0.2, 0.25) is 0 Å². The van der Waals surface area contributed by atoms with Crippen molar-refractivity contribution in [1.29, 1.82) is 0 Å². The second-order valence-corrected chi connectivity index (χ2v) is 9.58. The summed E-state index contributed by atoms with van der Waals surface area (Å²) >= 11 is 0. The van der Waals surface area contributed by atoms with Gasteiger partial charge in [-0.1, -0.05) is 45.0 Å². The third kappa shape index (κ3) is 3.36. The molecule has 176 valence electrons. The van der Waals surface area contributed by atoms with Gasteiger partial charge in [0.25, 0.3) is 0 Å². The van der Waals surface area contributed by atoms with Gasteiger partial charge in [-0.05, 0) is 36.8 Å². The molecule has 0 fully saturated rings. The lowest BCUT2D eigenvalue weighted by atomic mass is 9.84. The first-order valence-corrected chi connectivity index (χ1v) is 11.6. The van der Waals surface area contributed by atoms with Crippen molar-refractivity contribution in [3.63, 3.8) is 0 Å². The molecule has 0 N–H and O–H groups in total. The maximum atomic E-state index is 13.4. The highest BCUT2D eigenvalue weighted by molar-refractivity contribution is 5.86. The molecule has 35 heavy (non-hydrogen) atoms. The lowest BCUT2D eigenvalue weighted by Gasteiger charge is -2.27. The van der Waals surface area contributed by atoms with Crippen LogP contribution < -0.4 is 15.1 Å². The largest absolute Gasteiger partial charge is 0.494 e. The van der Waals surface area contributed by atoms with E-state index in [0.29, 0.717) is 51.8 Å². The zero-order valence-corrected chi connectivity index (χ0v) is 19.9. The van der Waals surface area contributed by atoms with Crippen LogP contribution in [0, 0.1) is 0 Å². The minimum Gasteiger partial charge on any atom is -0.494 e. The standard InChI is InChI=1S/C27H24N4O4/c1-5-33-16-12-10-15(11-13-16)19-20-22(17-8-6-7-9-18(17)34-25(20)32)35-24-21(19)23-29-26(27(2,3)4)30-31(23)14-28-24/h6-14,19H,5H2,1-4H3.